The maximum Gasteiger partial charge on any atom is 0.233 e. The molecule has 1 aromatic carbocycles. The highest BCUT2D eigenvalue weighted by Crippen LogP contribution is 2.43. The van der Waals surface area contributed by atoms with Crippen LogP contribution in [0.15, 0.2) is 24.3 Å². The molecule has 0 aromatic heterocycles. The highest BCUT2D eigenvalue weighted by Gasteiger charge is 2.46. The van der Waals surface area contributed by atoms with Crippen molar-refractivity contribution in [1.29, 1.82) is 0 Å². The maximum atomic E-state index is 13.6. The van der Waals surface area contributed by atoms with Gasteiger partial charge in [-0.05, 0) is 44.6 Å². The van der Waals surface area contributed by atoms with E-state index in [1.165, 1.54) is 36.8 Å². The molecule has 2 bridgehead atoms. The van der Waals surface area contributed by atoms with Crippen molar-refractivity contribution in [2.75, 3.05) is 13.1 Å². The topological polar surface area (TPSA) is 32.3 Å². The third kappa shape index (κ3) is 2.69. The second-order valence-corrected chi connectivity index (χ2v) is 7.84. The monoisotopic (exact) mass is 312 g/mol. The van der Waals surface area contributed by atoms with E-state index in [4.69, 9.17) is 0 Å². The fourth-order valence-electron chi connectivity index (χ4n) is 4.98. The smallest absolute Gasteiger partial charge is 0.233 e. The lowest BCUT2D eigenvalue weighted by Gasteiger charge is -2.36. The summed E-state index contributed by atoms with van der Waals surface area (Å²) in [6, 6.07) is 9.82. The number of aryl methyl sites for hydroxylation is 1. The molecule has 2 saturated heterocycles. The first kappa shape index (κ1) is 15.2. The van der Waals surface area contributed by atoms with Gasteiger partial charge in [-0.1, -0.05) is 42.7 Å². The van der Waals surface area contributed by atoms with Gasteiger partial charge in [0.25, 0.3) is 0 Å². The number of carbonyl (C=O) groups is 1. The van der Waals surface area contributed by atoms with E-state index in [0.717, 1.165) is 32.4 Å². The van der Waals surface area contributed by atoms with Gasteiger partial charge in [0.05, 0.1) is 5.41 Å². The Morgan fingerprint density at radius 2 is 1.96 bits per heavy atom. The number of hydrogen-bond donors (Lipinski definition) is 1. The van der Waals surface area contributed by atoms with E-state index in [1.54, 1.807) is 0 Å². The van der Waals surface area contributed by atoms with Crippen LogP contribution in [-0.4, -0.2) is 36.0 Å². The van der Waals surface area contributed by atoms with Crippen LogP contribution in [0, 0.1) is 6.92 Å². The summed E-state index contributed by atoms with van der Waals surface area (Å²) in [6.45, 7) is 3.97. The highest BCUT2D eigenvalue weighted by molar-refractivity contribution is 5.88. The third-order valence-electron chi connectivity index (χ3n) is 6.25. The Labute approximate surface area is 139 Å². The molecule has 2 atom stereocenters. The molecule has 1 saturated carbocycles. The van der Waals surface area contributed by atoms with Gasteiger partial charge in [0, 0.05) is 25.2 Å². The minimum atomic E-state index is -0.254. The van der Waals surface area contributed by atoms with Crippen LogP contribution in [0.4, 0.5) is 0 Å². The Bertz CT molecular complexity index is 591. The van der Waals surface area contributed by atoms with Crippen molar-refractivity contribution in [3.63, 3.8) is 0 Å². The predicted molar refractivity (Wildman–Crippen MR) is 92.5 cm³/mol. The van der Waals surface area contributed by atoms with E-state index in [9.17, 15) is 4.79 Å². The molecule has 1 aromatic rings. The molecule has 1 N–H and O–H groups in total. The summed E-state index contributed by atoms with van der Waals surface area (Å²) >= 11 is 0. The van der Waals surface area contributed by atoms with Crippen molar-refractivity contribution >= 4 is 5.91 Å². The number of nitrogens with one attached hydrogen (secondary N) is 1. The lowest BCUT2D eigenvalue weighted by molar-refractivity contribution is -0.137. The summed E-state index contributed by atoms with van der Waals surface area (Å²) in [4.78, 5) is 15.7. The molecule has 0 radical (unpaired) electrons. The van der Waals surface area contributed by atoms with Crippen LogP contribution < -0.4 is 5.32 Å². The van der Waals surface area contributed by atoms with E-state index >= 15 is 0 Å². The number of nitrogens with zero attached hydrogens (tertiary/aromatic N) is 1. The van der Waals surface area contributed by atoms with Gasteiger partial charge in [0.2, 0.25) is 5.91 Å². The van der Waals surface area contributed by atoms with Crippen molar-refractivity contribution in [2.24, 2.45) is 0 Å². The van der Waals surface area contributed by atoms with Crippen LogP contribution in [0.5, 0.6) is 0 Å². The highest BCUT2D eigenvalue weighted by atomic mass is 16.2. The van der Waals surface area contributed by atoms with E-state index in [2.05, 4.69) is 41.4 Å². The summed E-state index contributed by atoms with van der Waals surface area (Å²) in [7, 11) is 0. The van der Waals surface area contributed by atoms with Crippen LogP contribution in [-0.2, 0) is 10.2 Å². The lowest BCUT2D eigenvalue weighted by atomic mass is 9.77. The van der Waals surface area contributed by atoms with Crippen molar-refractivity contribution in [3.05, 3.63) is 35.4 Å². The summed E-state index contributed by atoms with van der Waals surface area (Å²) in [5.74, 6) is 0.398. The number of rotatable bonds is 2. The molecule has 2 unspecified atom stereocenters. The van der Waals surface area contributed by atoms with E-state index < -0.39 is 0 Å². The van der Waals surface area contributed by atoms with Gasteiger partial charge in [0.1, 0.15) is 0 Å². The first-order valence-corrected chi connectivity index (χ1v) is 9.30. The van der Waals surface area contributed by atoms with E-state index in [-0.39, 0.29) is 5.41 Å². The molecule has 3 nitrogen and oxygen atoms in total. The van der Waals surface area contributed by atoms with Gasteiger partial charge in [-0.15, -0.1) is 0 Å². The van der Waals surface area contributed by atoms with Crippen LogP contribution >= 0.6 is 0 Å². The number of fused-ring (bicyclic) bond motifs is 2. The number of hydrogen-bond acceptors (Lipinski definition) is 2. The number of likely N-dealkylation sites (tertiary alicyclic amines) is 1. The molecular weight excluding hydrogens is 284 g/mol. The molecule has 23 heavy (non-hydrogen) atoms. The van der Waals surface area contributed by atoms with Crippen LogP contribution in [0.2, 0.25) is 0 Å². The Morgan fingerprint density at radius 1 is 1.17 bits per heavy atom. The summed E-state index contributed by atoms with van der Waals surface area (Å²) < 4.78 is 0. The van der Waals surface area contributed by atoms with Crippen molar-refractivity contribution in [1.82, 2.24) is 10.2 Å². The van der Waals surface area contributed by atoms with E-state index in [0.29, 0.717) is 18.0 Å². The fraction of sp³-hybridized carbons (Fsp3) is 0.650. The molecular formula is C20H28N2O. The van der Waals surface area contributed by atoms with E-state index in [1.807, 2.05) is 0 Å². The second-order valence-electron chi connectivity index (χ2n) is 7.84. The molecule has 3 heteroatoms. The predicted octanol–water partition coefficient (Wildman–Crippen LogP) is 3.16. The molecule has 2 heterocycles. The second kappa shape index (κ2) is 5.94. The van der Waals surface area contributed by atoms with Crippen molar-refractivity contribution in [3.8, 4) is 0 Å². The van der Waals surface area contributed by atoms with Gasteiger partial charge < -0.3 is 10.2 Å². The molecule has 4 rings (SSSR count). The molecule has 1 amide bonds. The van der Waals surface area contributed by atoms with Gasteiger partial charge in [0.15, 0.2) is 0 Å². The average molecular weight is 312 g/mol. The largest absolute Gasteiger partial charge is 0.340 e. The standard InChI is InChI=1S/C20H28N2O/c1-15-5-4-6-16(13-15)20(10-2-3-11-20)19(23)22-12-9-17-7-8-18(14-22)21-17/h4-6,13,17-18,21H,2-3,7-12,14H2,1H3. The lowest BCUT2D eigenvalue weighted by Crippen LogP contribution is -2.48. The molecule has 124 valence electrons. The zero-order valence-corrected chi connectivity index (χ0v) is 14.2. The molecule has 3 aliphatic rings. The van der Waals surface area contributed by atoms with Gasteiger partial charge in [-0.3, -0.25) is 4.79 Å². The zero-order chi connectivity index (χ0) is 15.9. The SMILES string of the molecule is Cc1cccc(C2(C(=O)N3CCC4CCC(C3)N4)CCCC2)c1. The van der Waals surface area contributed by atoms with Gasteiger partial charge >= 0.3 is 0 Å². The van der Waals surface area contributed by atoms with Crippen LogP contribution in [0.3, 0.4) is 0 Å². The van der Waals surface area contributed by atoms with Gasteiger partial charge in [-0.2, -0.15) is 0 Å². The Balaban J connectivity index is 1.63. The summed E-state index contributed by atoms with van der Waals surface area (Å²) in [5.41, 5.74) is 2.26. The third-order valence-corrected chi connectivity index (χ3v) is 6.25. The first-order chi connectivity index (χ1) is 11.2. The summed E-state index contributed by atoms with van der Waals surface area (Å²) in [5, 5.41) is 3.70. The fourth-order valence-corrected chi connectivity index (χ4v) is 4.98. The number of benzene rings is 1. The Kier molecular flexibility index (Phi) is 3.92. The first-order valence-electron chi connectivity index (χ1n) is 9.30. The molecule has 0 spiro atoms. The minimum Gasteiger partial charge on any atom is -0.340 e. The zero-order valence-electron chi connectivity index (χ0n) is 14.2. The minimum absolute atomic E-state index is 0.254. The molecule has 3 fully saturated rings. The molecule has 1 aliphatic carbocycles. The Morgan fingerprint density at radius 3 is 2.74 bits per heavy atom. The van der Waals surface area contributed by atoms with Gasteiger partial charge in [-0.25, -0.2) is 0 Å². The Hall–Kier alpha value is -1.35. The number of carbonyl (C=O) groups excluding carboxylic acids is 1. The van der Waals surface area contributed by atoms with Crippen molar-refractivity contribution < 1.29 is 4.79 Å². The molecule has 2 aliphatic heterocycles. The van der Waals surface area contributed by atoms with Crippen molar-refractivity contribution in [2.45, 2.75) is 69.4 Å². The number of amides is 1. The normalized spacial score (nSPS) is 29.5. The van der Waals surface area contributed by atoms with Crippen LogP contribution in [0.1, 0.15) is 56.1 Å². The quantitative estimate of drug-likeness (QED) is 0.910. The maximum absolute atomic E-state index is 13.6. The summed E-state index contributed by atoms with van der Waals surface area (Å²) in [6.07, 6.45) is 8.03. The average Bonchev–Trinajstić information content (AvgIpc) is 3.14. The van der Waals surface area contributed by atoms with Crippen LogP contribution in [0.25, 0.3) is 0 Å².